The summed E-state index contributed by atoms with van der Waals surface area (Å²) >= 11 is 0. The summed E-state index contributed by atoms with van der Waals surface area (Å²) in [6.45, 7) is 18.9. The molecule has 13 heavy (non-hydrogen) atoms. The van der Waals surface area contributed by atoms with Gasteiger partial charge in [-0.3, -0.25) is 0 Å². The lowest BCUT2D eigenvalue weighted by atomic mass is 9.60. The van der Waals surface area contributed by atoms with Crippen molar-refractivity contribution >= 4 is 0 Å². The summed E-state index contributed by atoms with van der Waals surface area (Å²) in [5.74, 6) is 1.57. The van der Waals surface area contributed by atoms with Crippen LogP contribution < -0.4 is 0 Å². The van der Waals surface area contributed by atoms with E-state index in [1.807, 2.05) is 0 Å². The van der Waals surface area contributed by atoms with E-state index in [1.165, 1.54) is 6.42 Å². The zero-order valence-electron chi connectivity index (χ0n) is 10.9. The van der Waals surface area contributed by atoms with Gasteiger partial charge in [0.1, 0.15) is 0 Å². The van der Waals surface area contributed by atoms with E-state index in [4.69, 9.17) is 0 Å². The third kappa shape index (κ3) is 3.32. The van der Waals surface area contributed by atoms with Crippen LogP contribution in [0.5, 0.6) is 0 Å². The smallest absolute Gasteiger partial charge is 0.0291 e. The Labute approximate surface area is 85.1 Å². The summed E-state index contributed by atoms with van der Waals surface area (Å²) in [5, 5.41) is 0. The molecule has 80 valence electrons. The molecule has 0 nitrogen and oxygen atoms in total. The van der Waals surface area contributed by atoms with Gasteiger partial charge in [0.2, 0.25) is 0 Å². The van der Waals surface area contributed by atoms with Crippen molar-refractivity contribution in [1.82, 2.24) is 0 Å². The van der Waals surface area contributed by atoms with Crippen LogP contribution in [0.25, 0.3) is 0 Å². The highest BCUT2D eigenvalue weighted by Crippen LogP contribution is 2.46. The molecule has 0 saturated heterocycles. The lowest BCUT2D eigenvalue weighted by Crippen LogP contribution is -2.37. The van der Waals surface area contributed by atoms with Crippen LogP contribution in [-0.4, -0.2) is 0 Å². The van der Waals surface area contributed by atoms with Crippen molar-refractivity contribution in [3.63, 3.8) is 0 Å². The van der Waals surface area contributed by atoms with Gasteiger partial charge in [0.25, 0.3) is 0 Å². The lowest BCUT2D eigenvalue weighted by molar-refractivity contribution is 0.0407. The average Bonchev–Trinajstić information content (AvgIpc) is 1.82. The fourth-order valence-electron chi connectivity index (χ4n) is 3.29. The van der Waals surface area contributed by atoms with Gasteiger partial charge in [0.05, 0.1) is 0 Å². The molecule has 0 heterocycles. The van der Waals surface area contributed by atoms with Crippen molar-refractivity contribution in [3.05, 3.63) is 0 Å². The fourth-order valence-corrected chi connectivity index (χ4v) is 3.29. The number of rotatable bonds is 3. The second-order valence-electron chi connectivity index (χ2n) is 6.43. The highest BCUT2D eigenvalue weighted by Gasteiger charge is 2.38. The van der Waals surface area contributed by atoms with Crippen LogP contribution >= 0.6 is 0 Å². The molecule has 0 saturated carbocycles. The second kappa shape index (κ2) is 4.02. The lowest BCUT2D eigenvalue weighted by Gasteiger charge is -2.45. The minimum absolute atomic E-state index is 0.424. The molecule has 0 aromatic carbocycles. The second-order valence-corrected chi connectivity index (χ2v) is 6.43. The summed E-state index contributed by atoms with van der Waals surface area (Å²) in [7, 11) is 0. The topological polar surface area (TPSA) is 0 Å². The van der Waals surface area contributed by atoms with Gasteiger partial charge in [-0.15, -0.1) is 0 Å². The Balaban J connectivity index is 4.83. The number of hydrogen-bond donors (Lipinski definition) is 0. The van der Waals surface area contributed by atoms with Gasteiger partial charge < -0.3 is 0 Å². The molecule has 0 radical (unpaired) electrons. The van der Waals surface area contributed by atoms with Gasteiger partial charge in [-0.1, -0.05) is 61.8 Å². The standard InChI is InChI=1S/C13H28/c1-9-13(7,8)11(10(2)3)12(4,5)6/h10-11H,9H2,1-8H3. The van der Waals surface area contributed by atoms with Crippen LogP contribution in [0.1, 0.15) is 61.8 Å². The summed E-state index contributed by atoms with van der Waals surface area (Å²) in [5.41, 5.74) is 0.889. The normalized spacial score (nSPS) is 16.4. The molecule has 0 fully saturated rings. The monoisotopic (exact) mass is 184 g/mol. The minimum atomic E-state index is 0.424. The van der Waals surface area contributed by atoms with E-state index in [-0.39, 0.29) is 0 Å². The largest absolute Gasteiger partial charge is 0.0649 e. The van der Waals surface area contributed by atoms with Crippen molar-refractivity contribution in [3.8, 4) is 0 Å². The predicted molar refractivity (Wildman–Crippen MR) is 61.9 cm³/mol. The van der Waals surface area contributed by atoms with Crippen LogP contribution in [0.4, 0.5) is 0 Å². The number of hydrogen-bond acceptors (Lipinski definition) is 0. The van der Waals surface area contributed by atoms with E-state index in [0.717, 1.165) is 11.8 Å². The van der Waals surface area contributed by atoms with E-state index in [2.05, 4.69) is 55.4 Å². The first-order valence-corrected chi connectivity index (χ1v) is 5.63. The van der Waals surface area contributed by atoms with E-state index in [0.29, 0.717) is 10.8 Å². The quantitative estimate of drug-likeness (QED) is 0.594. The van der Waals surface area contributed by atoms with Crippen molar-refractivity contribution in [2.75, 3.05) is 0 Å². The highest BCUT2D eigenvalue weighted by atomic mass is 14.4. The fraction of sp³-hybridized carbons (Fsp3) is 1.00. The first kappa shape index (κ1) is 13.0. The van der Waals surface area contributed by atoms with Crippen molar-refractivity contribution in [2.24, 2.45) is 22.7 Å². The summed E-state index contributed by atoms with van der Waals surface area (Å²) in [6.07, 6.45) is 1.27. The molecule has 0 amide bonds. The molecule has 1 atom stereocenters. The van der Waals surface area contributed by atoms with Gasteiger partial charge in [-0.05, 0) is 22.7 Å². The van der Waals surface area contributed by atoms with E-state index >= 15 is 0 Å². The van der Waals surface area contributed by atoms with Crippen molar-refractivity contribution in [2.45, 2.75) is 61.8 Å². The zero-order chi connectivity index (χ0) is 10.9. The molecular formula is C13H28. The van der Waals surface area contributed by atoms with Crippen LogP contribution in [0.3, 0.4) is 0 Å². The van der Waals surface area contributed by atoms with Gasteiger partial charge in [0.15, 0.2) is 0 Å². The van der Waals surface area contributed by atoms with E-state index in [9.17, 15) is 0 Å². The van der Waals surface area contributed by atoms with Gasteiger partial charge >= 0.3 is 0 Å². The first-order valence-electron chi connectivity index (χ1n) is 5.63. The van der Waals surface area contributed by atoms with E-state index < -0.39 is 0 Å². The summed E-state index contributed by atoms with van der Waals surface area (Å²) in [6, 6.07) is 0. The summed E-state index contributed by atoms with van der Waals surface area (Å²) in [4.78, 5) is 0. The molecule has 0 N–H and O–H groups in total. The average molecular weight is 184 g/mol. The van der Waals surface area contributed by atoms with Crippen molar-refractivity contribution in [1.29, 1.82) is 0 Å². The zero-order valence-corrected chi connectivity index (χ0v) is 10.9. The van der Waals surface area contributed by atoms with Crippen LogP contribution in [0.2, 0.25) is 0 Å². The molecule has 0 bridgehead atoms. The third-order valence-corrected chi connectivity index (χ3v) is 3.35. The predicted octanol–water partition coefficient (Wildman–Crippen LogP) is 4.74. The Morgan fingerprint density at radius 3 is 1.38 bits per heavy atom. The highest BCUT2D eigenvalue weighted by molar-refractivity contribution is 4.87. The Bertz CT molecular complexity index is 146. The molecule has 0 spiro atoms. The Morgan fingerprint density at radius 1 is 0.923 bits per heavy atom. The molecule has 0 aromatic rings. The molecule has 1 unspecified atom stereocenters. The Hall–Kier alpha value is 0. The third-order valence-electron chi connectivity index (χ3n) is 3.35. The molecule has 0 aromatic heterocycles. The van der Waals surface area contributed by atoms with Crippen LogP contribution in [0, 0.1) is 22.7 Å². The Morgan fingerprint density at radius 2 is 1.31 bits per heavy atom. The summed E-state index contributed by atoms with van der Waals surface area (Å²) < 4.78 is 0. The molecule has 0 aliphatic heterocycles. The van der Waals surface area contributed by atoms with Gasteiger partial charge in [0, 0.05) is 0 Å². The molecule has 0 aliphatic rings. The molecule has 0 rings (SSSR count). The van der Waals surface area contributed by atoms with Crippen LogP contribution in [-0.2, 0) is 0 Å². The SMILES string of the molecule is CCC(C)(C)C(C(C)C)C(C)(C)C. The minimum Gasteiger partial charge on any atom is -0.0649 e. The Kier molecular flexibility index (Phi) is 4.02. The van der Waals surface area contributed by atoms with Crippen molar-refractivity contribution < 1.29 is 0 Å². The van der Waals surface area contributed by atoms with Crippen LogP contribution in [0.15, 0.2) is 0 Å². The van der Waals surface area contributed by atoms with E-state index in [1.54, 1.807) is 0 Å². The molecule has 0 aliphatic carbocycles. The molecular weight excluding hydrogens is 156 g/mol. The maximum Gasteiger partial charge on any atom is -0.0291 e. The maximum absolute atomic E-state index is 2.41. The first-order chi connectivity index (χ1) is 5.63. The molecule has 0 heteroatoms. The van der Waals surface area contributed by atoms with Gasteiger partial charge in [-0.25, -0.2) is 0 Å². The maximum atomic E-state index is 2.41. The van der Waals surface area contributed by atoms with Gasteiger partial charge in [-0.2, -0.15) is 0 Å².